The van der Waals surface area contributed by atoms with Crippen LogP contribution in [0.2, 0.25) is 0 Å². The maximum atomic E-state index is 8.48. The van der Waals surface area contributed by atoms with Crippen LogP contribution in [0.1, 0.15) is 12.0 Å². The number of aliphatic hydroxyl groups is 1. The number of rotatable bonds is 7. The van der Waals surface area contributed by atoms with Crippen molar-refractivity contribution in [3.8, 4) is 0 Å². The zero-order valence-electron chi connectivity index (χ0n) is 9.07. The predicted octanol–water partition coefficient (Wildman–Crippen LogP) is 1.20. The molecule has 0 aliphatic rings. The lowest BCUT2D eigenvalue weighted by Gasteiger charge is -2.06. The molecule has 0 bridgehead atoms. The Bertz CT molecular complexity index is 279. The summed E-state index contributed by atoms with van der Waals surface area (Å²) >= 11 is 0. The third-order valence-electron chi connectivity index (χ3n) is 1.92. The highest BCUT2D eigenvalue weighted by Crippen LogP contribution is 2.04. The van der Waals surface area contributed by atoms with Gasteiger partial charge in [0.15, 0.2) is 0 Å². The quantitative estimate of drug-likeness (QED) is 0.664. The van der Waals surface area contributed by atoms with Gasteiger partial charge in [0.25, 0.3) is 0 Å². The van der Waals surface area contributed by atoms with E-state index in [0.29, 0.717) is 13.2 Å². The summed E-state index contributed by atoms with van der Waals surface area (Å²) in [5.41, 5.74) is 1.20. The monoisotopic (exact) mass is 210 g/mol. The van der Waals surface area contributed by atoms with Crippen LogP contribution in [0.25, 0.3) is 0 Å². The predicted molar refractivity (Wildman–Crippen MR) is 60.0 cm³/mol. The molecule has 0 amide bonds. The van der Waals surface area contributed by atoms with Gasteiger partial charge in [-0.1, -0.05) is 0 Å². The van der Waals surface area contributed by atoms with Crippen LogP contribution in [-0.4, -0.2) is 36.5 Å². The highest BCUT2D eigenvalue weighted by atomic mass is 16.5. The topological polar surface area (TPSA) is 54.4 Å². The minimum absolute atomic E-state index is 0.0901. The first-order chi connectivity index (χ1) is 7.33. The SMILES string of the molecule is Cc1ccnc(NCCCOCCO)c1. The number of pyridine rings is 1. The summed E-state index contributed by atoms with van der Waals surface area (Å²) < 4.78 is 5.13. The van der Waals surface area contributed by atoms with Crippen LogP contribution in [0, 0.1) is 6.92 Å². The second-order valence-corrected chi connectivity index (χ2v) is 3.33. The maximum Gasteiger partial charge on any atom is 0.126 e. The lowest BCUT2D eigenvalue weighted by Crippen LogP contribution is -2.08. The van der Waals surface area contributed by atoms with Crippen molar-refractivity contribution >= 4 is 5.82 Å². The van der Waals surface area contributed by atoms with Crippen molar-refractivity contribution in [2.75, 3.05) is 31.7 Å². The van der Waals surface area contributed by atoms with E-state index in [4.69, 9.17) is 9.84 Å². The molecule has 2 N–H and O–H groups in total. The van der Waals surface area contributed by atoms with Gasteiger partial charge in [0, 0.05) is 19.3 Å². The van der Waals surface area contributed by atoms with E-state index in [1.807, 2.05) is 19.1 Å². The zero-order valence-corrected chi connectivity index (χ0v) is 9.07. The van der Waals surface area contributed by atoms with Gasteiger partial charge in [-0.15, -0.1) is 0 Å². The molecule has 0 unspecified atom stereocenters. The fourth-order valence-electron chi connectivity index (χ4n) is 1.19. The van der Waals surface area contributed by atoms with Crippen LogP contribution >= 0.6 is 0 Å². The number of ether oxygens (including phenoxy) is 1. The number of nitrogens with one attached hydrogen (secondary N) is 1. The molecule has 0 fully saturated rings. The Morgan fingerprint density at radius 3 is 3.07 bits per heavy atom. The number of nitrogens with zero attached hydrogens (tertiary/aromatic N) is 1. The summed E-state index contributed by atoms with van der Waals surface area (Å²) in [5.74, 6) is 0.900. The van der Waals surface area contributed by atoms with Gasteiger partial charge in [0.05, 0.1) is 13.2 Å². The van der Waals surface area contributed by atoms with E-state index in [0.717, 1.165) is 18.8 Å². The number of aliphatic hydroxyl groups excluding tert-OH is 1. The molecule has 4 nitrogen and oxygen atoms in total. The van der Waals surface area contributed by atoms with Crippen LogP contribution in [0.15, 0.2) is 18.3 Å². The highest BCUT2D eigenvalue weighted by molar-refractivity contribution is 5.36. The number of hydrogen-bond acceptors (Lipinski definition) is 4. The Morgan fingerprint density at radius 1 is 1.47 bits per heavy atom. The summed E-state index contributed by atoms with van der Waals surface area (Å²) in [7, 11) is 0. The lowest BCUT2D eigenvalue weighted by molar-refractivity contribution is 0.0922. The molecule has 84 valence electrons. The highest BCUT2D eigenvalue weighted by Gasteiger charge is 1.93. The Morgan fingerprint density at radius 2 is 2.33 bits per heavy atom. The third kappa shape index (κ3) is 5.34. The van der Waals surface area contributed by atoms with E-state index in [2.05, 4.69) is 10.3 Å². The average molecular weight is 210 g/mol. The largest absolute Gasteiger partial charge is 0.394 e. The van der Waals surface area contributed by atoms with Crippen LogP contribution < -0.4 is 5.32 Å². The first-order valence-electron chi connectivity index (χ1n) is 5.18. The normalized spacial score (nSPS) is 10.3. The number of hydrogen-bond donors (Lipinski definition) is 2. The summed E-state index contributed by atoms with van der Waals surface area (Å²) in [6.45, 7) is 4.05. The zero-order chi connectivity index (χ0) is 10.9. The number of anilines is 1. The van der Waals surface area contributed by atoms with Crippen molar-refractivity contribution < 1.29 is 9.84 Å². The summed E-state index contributed by atoms with van der Waals surface area (Å²) in [5, 5.41) is 11.7. The van der Waals surface area contributed by atoms with Gasteiger partial charge in [-0.05, 0) is 31.0 Å². The molecule has 1 rings (SSSR count). The van der Waals surface area contributed by atoms with Gasteiger partial charge in [-0.2, -0.15) is 0 Å². The summed E-state index contributed by atoms with van der Waals surface area (Å²) in [6.07, 6.45) is 2.70. The Hall–Kier alpha value is -1.13. The first-order valence-corrected chi connectivity index (χ1v) is 5.18. The molecule has 0 radical (unpaired) electrons. The fraction of sp³-hybridized carbons (Fsp3) is 0.545. The van der Waals surface area contributed by atoms with E-state index in [9.17, 15) is 0 Å². The van der Waals surface area contributed by atoms with Crippen molar-refractivity contribution in [3.05, 3.63) is 23.9 Å². The molecule has 0 saturated carbocycles. The molecule has 0 saturated heterocycles. The molecule has 1 heterocycles. The van der Waals surface area contributed by atoms with E-state index < -0.39 is 0 Å². The van der Waals surface area contributed by atoms with Gasteiger partial charge < -0.3 is 15.2 Å². The molecule has 0 aliphatic carbocycles. The molecule has 0 aromatic carbocycles. The van der Waals surface area contributed by atoms with E-state index >= 15 is 0 Å². The molecule has 0 aliphatic heterocycles. The summed E-state index contributed by atoms with van der Waals surface area (Å²) in [6, 6.07) is 3.98. The van der Waals surface area contributed by atoms with Crippen LogP contribution in [0.3, 0.4) is 0 Å². The third-order valence-corrected chi connectivity index (χ3v) is 1.92. The number of aromatic nitrogens is 1. The second-order valence-electron chi connectivity index (χ2n) is 3.33. The van der Waals surface area contributed by atoms with Crippen molar-refractivity contribution in [2.24, 2.45) is 0 Å². The van der Waals surface area contributed by atoms with Crippen LogP contribution in [0.4, 0.5) is 5.82 Å². The van der Waals surface area contributed by atoms with Gasteiger partial charge in [0.2, 0.25) is 0 Å². The minimum Gasteiger partial charge on any atom is -0.394 e. The van der Waals surface area contributed by atoms with Crippen molar-refractivity contribution in [2.45, 2.75) is 13.3 Å². The van der Waals surface area contributed by atoms with Gasteiger partial charge in [-0.3, -0.25) is 0 Å². The summed E-state index contributed by atoms with van der Waals surface area (Å²) in [4.78, 5) is 4.18. The fourth-order valence-corrected chi connectivity index (χ4v) is 1.19. The van der Waals surface area contributed by atoms with E-state index in [1.54, 1.807) is 6.20 Å². The van der Waals surface area contributed by atoms with Crippen molar-refractivity contribution in [3.63, 3.8) is 0 Å². The van der Waals surface area contributed by atoms with E-state index in [-0.39, 0.29) is 6.61 Å². The molecule has 0 spiro atoms. The Kier molecular flexibility index (Phi) is 5.73. The second kappa shape index (κ2) is 7.20. The molecule has 15 heavy (non-hydrogen) atoms. The van der Waals surface area contributed by atoms with Gasteiger partial charge >= 0.3 is 0 Å². The molecule has 1 aromatic heterocycles. The molecule has 0 atom stereocenters. The average Bonchev–Trinajstić information content (AvgIpc) is 2.23. The molecule has 4 heteroatoms. The smallest absolute Gasteiger partial charge is 0.126 e. The minimum atomic E-state index is 0.0901. The van der Waals surface area contributed by atoms with E-state index in [1.165, 1.54) is 5.56 Å². The van der Waals surface area contributed by atoms with Crippen molar-refractivity contribution in [1.29, 1.82) is 0 Å². The Labute approximate surface area is 90.3 Å². The van der Waals surface area contributed by atoms with Gasteiger partial charge in [-0.25, -0.2) is 4.98 Å². The van der Waals surface area contributed by atoms with Crippen LogP contribution in [-0.2, 0) is 4.74 Å². The van der Waals surface area contributed by atoms with Crippen LogP contribution in [0.5, 0.6) is 0 Å². The molecular formula is C11H18N2O2. The standard InChI is InChI=1S/C11H18N2O2/c1-10-3-5-13-11(9-10)12-4-2-7-15-8-6-14/h3,5,9,14H,2,4,6-8H2,1H3,(H,12,13). The lowest BCUT2D eigenvalue weighted by atomic mass is 10.3. The Balaban J connectivity index is 2.10. The number of aryl methyl sites for hydroxylation is 1. The molecule has 1 aromatic rings. The maximum absolute atomic E-state index is 8.48. The van der Waals surface area contributed by atoms with Gasteiger partial charge in [0.1, 0.15) is 5.82 Å². The molecular weight excluding hydrogens is 192 g/mol. The first kappa shape index (κ1) is 11.9. The van der Waals surface area contributed by atoms with Crippen molar-refractivity contribution in [1.82, 2.24) is 4.98 Å².